The van der Waals surface area contributed by atoms with Crippen molar-refractivity contribution in [2.45, 2.75) is 45.3 Å². The number of ether oxygens (including phenoxy) is 1. The van der Waals surface area contributed by atoms with Gasteiger partial charge in [-0.1, -0.05) is 13.8 Å². The summed E-state index contributed by atoms with van der Waals surface area (Å²) in [7, 11) is 3.62. The average molecular weight is 271 g/mol. The van der Waals surface area contributed by atoms with Gasteiger partial charge in [0.25, 0.3) is 0 Å². The second-order valence-electron chi connectivity index (χ2n) is 5.82. The molecule has 0 amide bonds. The summed E-state index contributed by atoms with van der Waals surface area (Å²) in [6, 6.07) is 0.679. The third kappa shape index (κ3) is 5.47. The highest BCUT2D eigenvalue weighted by Crippen LogP contribution is 2.08. The number of hydrogen-bond donors (Lipinski definition) is 1. The first-order valence-electron chi connectivity index (χ1n) is 7.20. The molecule has 1 aliphatic rings. The van der Waals surface area contributed by atoms with Crippen molar-refractivity contribution >= 4 is 5.97 Å². The molecule has 5 nitrogen and oxygen atoms in total. The van der Waals surface area contributed by atoms with Gasteiger partial charge in [-0.05, 0) is 20.4 Å². The number of carbonyl (C=O) groups excluding carboxylic acids is 1. The van der Waals surface area contributed by atoms with Crippen LogP contribution in [-0.4, -0.2) is 74.2 Å². The Balaban J connectivity index is 2.41. The Morgan fingerprint density at radius 1 is 1.42 bits per heavy atom. The van der Waals surface area contributed by atoms with Gasteiger partial charge >= 0.3 is 5.97 Å². The van der Waals surface area contributed by atoms with Crippen molar-refractivity contribution < 1.29 is 9.53 Å². The van der Waals surface area contributed by atoms with E-state index in [0.29, 0.717) is 6.04 Å². The highest BCUT2D eigenvalue weighted by molar-refractivity contribution is 5.75. The van der Waals surface area contributed by atoms with Gasteiger partial charge in [-0.2, -0.15) is 0 Å². The molecule has 0 radical (unpaired) electrons. The highest BCUT2D eigenvalue weighted by atomic mass is 16.5. The van der Waals surface area contributed by atoms with Crippen molar-refractivity contribution in [3.05, 3.63) is 0 Å². The Morgan fingerprint density at radius 3 is 2.63 bits per heavy atom. The monoisotopic (exact) mass is 271 g/mol. The maximum Gasteiger partial charge on any atom is 0.322 e. The molecule has 1 saturated heterocycles. The van der Waals surface area contributed by atoms with E-state index in [2.05, 4.69) is 29.1 Å². The Labute approximate surface area is 117 Å². The van der Waals surface area contributed by atoms with Crippen LogP contribution in [0.5, 0.6) is 0 Å². The minimum atomic E-state index is -0.194. The predicted octanol–water partition coefficient (Wildman–Crippen LogP) is 0.552. The maximum atomic E-state index is 11.7. The molecule has 19 heavy (non-hydrogen) atoms. The first-order chi connectivity index (χ1) is 8.93. The molecule has 5 heteroatoms. The quantitative estimate of drug-likeness (QED) is 0.715. The van der Waals surface area contributed by atoms with Crippen LogP contribution in [0.1, 0.15) is 27.2 Å². The van der Waals surface area contributed by atoms with Crippen molar-refractivity contribution in [2.24, 2.45) is 0 Å². The zero-order valence-electron chi connectivity index (χ0n) is 13.0. The molecular weight excluding hydrogens is 242 g/mol. The fraction of sp³-hybridized carbons (Fsp3) is 0.929. The van der Waals surface area contributed by atoms with Crippen molar-refractivity contribution in [1.29, 1.82) is 0 Å². The fourth-order valence-electron chi connectivity index (χ4n) is 2.45. The normalized spacial score (nSPS) is 23.6. The first-order valence-corrected chi connectivity index (χ1v) is 7.20. The molecule has 1 fully saturated rings. The predicted molar refractivity (Wildman–Crippen MR) is 77.2 cm³/mol. The van der Waals surface area contributed by atoms with Gasteiger partial charge in [-0.15, -0.1) is 0 Å². The minimum Gasteiger partial charge on any atom is -0.468 e. The van der Waals surface area contributed by atoms with Crippen LogP contribution in [0.3, 0.4) is 0 Å². The summed E-state index contributed by atoms with van der Waals surface area (Å²) in [5, 5.41) is 3.28. The number of nitrogens with one attached hydrogen (secondary N) is 1. The van der Waals surface area contributed by atoms with Crippen LogP contribution < -0.4 is 5.32 Å². The maximum absolute atomic E-state index is 11.7. The zero-order chi connectivity index (χ0) is 14.4. The lowest BCUT2D eigenvalue weighted by Crippen LogP contribution is -2.51. The van der Waals surface area contributed by atoms with Crippen LogP contribution >= 0.6 is 0 Å². The molecule has 1 rings (SSSR count). The highest BCUT2D eigenvalue weighted by Gasteiger charge is 2.24. The number of piperazine rings is 1. The van der Waals surface area contributed by atoms with E-state index in [9.17, 15) is 4.79 Å². The molecular formula is C14H29N3O2. The topological polar surface area (TPSA) is 44.8 Å². The number of hydrogen-bond acceptors (Lipinski definition) is 5. The van der Waals surface area contributed by atoms with Gasteiger partial charge in [0.1, 0.15) is 6.04 Å². The Kier molecular flexibility index (Phi) is 6.75. The molecule has 0 aromatic heterocycles. The summed E-state index contributed by atoms with van der Waals surface area (Å²) in [5.41, 5.74) is 0. The number of nitrogens with zero attached hydrogens (tertiary/aromatic N) is 2. The third-order valence-corrected chi connectivity index (χ3v) is 3.80. The summed E-state index contributed by atoms with van der Waals surface area (Å²) in [6.45, 7) is 10.5. The standard InChI is InChI=1S/C14H29N3O2/c1-11(2)15-13(14(18)19-5)6-7-17-9-8-16(4)12(3)10-17/h11-13,15H,6-10H2,1-5H3. The number of esters is 1. The summed E-state index contributed by atoms with van der Waals surface area (Å²) in [5.74, 6) is -0.157. The molecule has 0 aromatic rings. The molecule has 0 saturated carbocycles. The van der Waals surface area contributed by atoms with E-state index in [4.69, 9.17) is 4.74 Å². The van der Waals surface area contributed by atoms with Gasteiger partial charge in [-0.25, -0.2) is 0 Å². The SMILES string of the molecule is COC(=O)C(CCN1CCN(C)C(C)C1)NC(C)C. The lowest BCUT2D eigenvalue weighted by atomic mass is 10.1. The van der Waals surface area contributed by atoms with E-state index < -0.39 is 0 Å². The van der Waals surface area contributed by atoms with Gasteiger partial charge in [0.05, 0.1) is 7.11 Å². The molecule has 0 spiro atoms. The molecule has 112 valence electrons. The Morgan fingerprint density at radius 2 is 2.11 bits per heavy atom. The largest absolute Gasteiger partial charge is 0.468 e. The molecule has 0 bridgehead atoms. The number of carbonyl (C=O) groups is 1. The van der Waals surface area contributed by atoms with Crippen LogP contribution in [0.25, 0.3) is 0 Å². The molecule has 0 aromatic carbocycles. The lowest BCUT2D eigenvalue weighted by Gasteiger charge is -2.38. The van der Waals surface area contributed by atoms with Crippen molar-refractivity contribution in [1.82, 2.24) is 15.1 Å². The van der Waals surface area contributed by atoms with Crippen LogP contribution in [0, 0.1) is 0 Å². The van der Waals surface area contributed by atoms with Gasteiger partial charge in [-0.3, -0.25) is 4.79 Å². The van der Waals surface area contributed by atoms with E-state index >= 15 is 0 Å². The van der Waals surface area contributed by atoms with Crippen LogP contribution in [0.4, 0.5) is 0 Å². The molecule has 1 N–H and O–H groups in total. The van der Waals surface area contributed by atoms with E-state index in [0.717, 1.165) is 32.6 Å². The smallest absolute Gasteiger partial charge is 0.322 e. The van der Waals surface area contributed by atoms with E-state index in [-0.39, 0.29) is 18.1 Å². The minimum absolute atomic E-state index is 0.157. The van der Waals surface area contributed by atoms with Crippen LogP contribution in [0.15, 0.2) is 0 Å². The van der Waals surface area contributed by atoms with E-state index in [1.807, 2.05) is 13.8 Å². The van der Waals surface area contributed by atoms with E-state index in [1.165, 1.54) is 7.11 Å². The molecule has 1 heterocycles. The van der Waals surface area contributed by atoms with E-state index in [1.54, 1.807) is 0 Å². The van der Waals surface area contributed by atoms with Crippen molar-refractivity contribution in [3.8, 4) is 0 Å². The van der Waals surface area contributed by atoms with Crippen LogP contribution in [-0.2, 0) is 9.53 Å². The summed E-state index contributed by atoms with van der Waals surface area (Å²) in [4.78, 5) is 16.5. The molecule has 2 unspecified atom stereocenters. The van der Waals surface area contributed by atoms with Gasteiger partial charge in [0, 0.05) is 38.3 Å². The number of rotatable bonds is 6. The average Bonchev–Trinajstić information content (AvgIpc) is 2.37. The second kappa shape index (κ2) is 7.82. The summed E-state index contributed by atoms with van der Waals surface area (Å²) >= 11 is 0. The fourth-order valence-corrected chi connectivity index (χ4v) is 2.45. The first kappa shape index (κ1) is 16.4. The van der Waals surface area contributed by atoms with Gasteiger partial charge < -0.3 is 19.9 Å². The molecule has 0 aliphatic carbocycles. The number of likely N-dealkylation sites (N-methyl/N-ethyl adjacent to an activating group) is 1. The van der Waals surface area contributed by atoms with Gasteiger partial charge in [0.2, 0.25) is 0 Å². The zero-order valence-corrected chi connectivity index (χ0v) is 13.0. The Hall–Kier alpha value is -0.650. The Bertz CT molecular complexity index is 284. The lowest BCUT2D eigenvalue weighted by molar-refractivity contribution is -0.143. The second-order valence-corrected chi connectivity index (χ2v) is 5.82. The van der Waals surface area contributed by atoms with Crippen LogP contribution in [0.2, 0.25) is 0 Å². The van der Waals surface area contributed by atoms with Gasteiger partial charge in [0.15, 0.2) is 0 Å². The molecule has 1 aliphatic heterocycles. The van der Waals surface area contributed by atoms with Crippen molar-refractivity contribution in [2.75, 3.05) is 40.3 Å². The summed E-state index contributed by atoms with van der Waals surface area (Å²) < 4.78 is 4.86. The number of methoxy groups -OCH3 is 1. The summed E-state index contributed by atoms with van der Waals surface area (Å²) in [6.07, 6.45) is 0.807. The molecule has 2 atom stereocenters. The third-order valence-electron chi connectivity index (χ3n) is 3.80. The van der Waals surface area contributed by atoms with Crippen molar-refractivity contribution in [3.63, 3.8) is 0 Å².